The molecule has 0 aliphatic carbocycles. The third kappa shape index (κ3) is 2.85. The predicted molar refractivity (Wildman–Crippen MR) is 67.3 cm³/mol. The number of carboxylic acids is 1. The van der Waals surface area contributed by atoms with Crippen LogP contribution in [-0.4, -0.2) is 21.2 Å². The quantitative estimate of drug-likeness (QED) is 0.865. The lowest BCUT2D eigenvalue weighted by molar-refractivity contribution is -0.136. The molecule has 0 fully saturated rings. The summed E-state index contributed by atoms with van der Waals surface area (Å²) in [5.74, 6) is -0.723. The molecule has 0 aliphatic rings. The van der Waals surface area contributed by atoms with Gasteiger partial charge in [-0.1, -0.05) is 24.3 Å². The van der Waals surface area contributed by atoms with E-state index in [1.54, 1.807) is 12.3 Å². The Morgan fingerprint density at radius 3 is 2.72 bits per heavy atom. The van der Waals surface area contributed by atoms with Gasteiger partial charge in [0.1, 0.15) is 5.75 Å². The Morgan fingerprint density at radius 2 is 2.00 bits per heavy atom. The van der Waals surface area contributed by atoms with Crippen LogP contribution in [-0.2, 0) is 11.2 Å². The molecule has 2 aromatic rings. The van der Waals surface area contributed by atoms with E-state index < -0.39 is 5.97 Å². The third-order valence-corrected chi connectivity index (χ3v) is 2.66. The highest BCUT2D eigenvalue weighted by atomic mass is 16.4. The summed E-state index contributed by atoms with van der Waals surface area (Å²) in [5, 5.41) is 18.2. The van der Waals surface area contributed by atoms with Gasteiger partial charge < -0.3 is 10.2 Å². The van der Waals surface area contributed by atoms with Gasteiger partial charge in [-0.25, -0.2) is 0 Å². The van der Waals surface area contributed by atoms with Crippen LogP contribution in [0, 0.1) is 0 Å². The molecule has 4 nitrogen and oxygen atoms in total. The molecular formula is C14H13NO3. The number of carboxylic acid groups (broad SMARTS) is 1. The second-order valence-electron chi connectivity index (χ2n) is 3.98. The smallest absolute Gasteiger partial charge is 0.303 e. The van der Waals surface area contributed by atoms with Gasteiger partial charge in [0, 0.05) is 18.2 Å². The molecule has 0 spiro atoms. The molecule has 1 heterocycles. The van der Waals surface area contributed by atoms with E-state index in [4.69, 9.17) is 5.11 Å². The predicted octanol–water partition coefficient (Wildman–Crippen LogP) is 2.47. The molecule has 0 radical (unpaired) electrons. The van der Waals surface area contributed by atoms with Crippen molar-refractivity contribution < 1.29 is 15.0 Å². The molecule has 4 heteroatoms. The van der Waals surface area contributed by atoms with Crippen molar-refractivity contribution >= 4 is 5.97 Å². The number of aryl methyl sites for hydroxylation is 1. The molecule has 0 bridgehead atoms. The van der Waals surface area contributed by atoms with Gasteiger partial charge in [0.05, 0.1) is 6.20 Å². The minimum atomic E-state index is -0.821. The van der Waals surface area contributed by atoms with E-state index in [1.807, 2.05) is 24.3 Å². The number of aromatic nitrogens is 1. The summed E-state index contributed by atoms with van der Waals surface area (Å²) in [6.07, 6.45) is 3.56. The summed E-state index contributed by atoms with van der Waals surface area (Å²) in [7, 11) is 0. The minimum Gasteiger partial charge on any atom is -0.506 e. The van der Waals surface area contributed by atoms with Crippen molar-refractivity contribution in [3.8, 4) is 16.9 Å². The largest absolute Gasteiger partial charge is 0.506 e. The van der Waals surface area contributed by atoms with Crippen molar-refractivity contribution in [3.05, 3.63) is 48.3 Å². The lowest BCUT2D eigenvalue weighted by Crippen LogP contribution is -1.99. The molecule has 0 aliphatic heterocycles. The first kappa shape index (κ1) is 12.1. The number of pyridine rings is 1. The topological polar surface area (TPSA) is 70.4 Å². The fourth-order valence-corrected chi connectivity index (χ4v) is 1.84. The van der Waals surface area contributed by atoms with Gasteiger partial charge in [-0.2, -0.15) is 0 Å². The van der Waals surface area contributed by atoms with E-state index >= 15 is 0 Å². The molecular weight excluding hydrogens is 230 g/mol. The highest BCUT2D eigenvalue weighted by Crippen LogP contribution is 2.26. The van der Waals surface area contributed by atoms with Crippen molar-refractivity contribution in [2.45, 2.75) is 12.8 Å². The fourth-order valence-electron chi connectivity index (χ4n) is 1.84. The Labute approximate surface area is 105 Å². The van der Waals surface area contributed by atoms with Crippen LogP contribution >= 0.6 is 0 Å². The Balaban J connectivity index is 2.35. The maximum absolute atomic E-state index is 10.6. The first-order valence-electron chi connectivity index (χ1n) is 5.61. The number of aromatic hydroxyl groups is 1. The Bertz CT molecular complexity index is 566. The van der Waals surface area contributed by atoms with Crippen LogP contribution in [0.15, 0.2) is 42.7 Å². The van der Waals surface area contributed by atoms with Gasteiger partial charge in [0.15, 0.2) is 0 Å². The Kier molecular flexibility index (Phi) is 3.57. The highest BCUT2D eigenvalue weighted by Gasteiger charge is 2.07. The van der Waals surface area contributed by atoms with Crippen molar-refractivity contribution in [3.63, 3.8) is 0 Å². The molecule has 18 heavy (non-hydrogen) atoms. The summed E-state index contributed by atoms with van der Waals surface area (Å²) >= 11 is 0. The average Bonchev–Trinajstić information content (AvgIpc) is 2.36. The van der Waals surface area contributed by atoms with Gasteiger partial charge in [0.2, 0.25) is 0 Å². The zero-order chi connectivity index (χ0) is 13.0. The molecule has 1 aromatic carbocycles. The van der Waals surface area contributed by atoms with E-state index in [-0.39, 0.29) is 12.2 Å². The lowest BCUT2D eigenvalue weighted by atomic mass is 9.98. The zero-order valence-corrected chi connectivity index (χ0v) is 9.71. The van der Waals surface area contributed by atoms with Gasteiger partial charge >= 0.3 is 5.97 Å². The maximum atomic E-state index is 10.6. The van der Waals surface area contributed by atoms with Gasteiger partial charge in [0.25, 0.3) is 0 Å². The zero-order valence-electron chi connectivity index (χ0n) is 9.71. The van der Waals surface area contributed by atoms with E-state index in [0.717, 1.165) is 16.7 Å². The normalized spacial score (nSPS) is 10.2. The van der Waals surface area contributed by atoms with Crippen LogP contribution in [0.5, 0.6) is 5.75 Å². The van der Waals surface area contributed by atoms with Gasteiger partial charge in [-0.05, 0) is 23.6 Å². The van der Waals surface area contributed by atoms with Crippen LogP contribution in [0.25, 0.3) is 11.1 Å². The van der Waals surface area contributed by atoms with Crippen molar-refractivity contribution in [2.75, 3.05) is 0 Å². The average molecular weight is 243 g/mol. The minimum absolute atomic E-state index is 0.0866. The number of carbonyl (C=O) groups is 1. The van der Waals surface area contributed by atoms with Crippen LogP contribution in [0.3, 0.4) is 0 Å². The van der Waals surface area contributed by atoms with Crippen LogP contribution in [0.2, 0.25) is 0 Å². The summed E-state index contributed by atoms with van der Waals surface area (Å²) in [6.45, 7) is 0. The molecule has 92 valence electrons. The second-order valence-corrected chi connectivity index (χ2v) is 3.98. The molecule has 2 N–H and O–H groups in total. The summed E-state index contributed by atoms with van der Waals surface area (Å²) in [5.41, 5.74) is 2.63. The molecule has 0 saturated carbocycles. The van der Waals surface area contributed by atoms with Gasteiger partial charge in [-0.15, -0.1) is 0 Å². The Morgan fingerprint density at radius 1 is 1.22 bits per heavy atom. The van der Waals surface area contributed by atoms with Gasteiger partial charge in [-0.3, -0.25) is 9.78 Å². The lowest BCUT2D eigenvalue weighted by Gasteiger charge is -2.08. The SMILES string of the molecule is O=C(O)CCc1ccccc1-c1cncc(O)c1. The number of hydrogen-bond acceptors (Lipinski definition) is 3. The van der Waals surface area contributed by atoms with Crippen LogP contribution in [0.1, 0.15) is 12.0 Å². The van der Waals surface area contributed by atoms with Crippen LogP contribution < -0.4 is 0 Å². The number of aliphatic carboxylic acids is 1. The van der Waals surface area contributed by atoms with E-state index in [0.29, 0.717) is 6.42 Å². The maximum Gasteiger partial charge on any atom is 0.303 e. The molecule has 0 saturated heterocycles. The van der Waals surface area contributed by atoms with Crippen LogP contribution in [0.4, 0.5) is 0 Å². The molecule has 1 aromatic heterocycles. The summed E-state index contributed by atoms with van der Waals surface area (Å²) in [6, 6.07) is 9.16. The van der Waals surface area contributed by atoms with Crippen molar-refractivity contribution in [1.29, 1.82) is 0 Å². The van der Waals surface area contributed by atoms with E-state index in [9.17, 15) is 9.90 Å². The molecule has 0 atom stereocenters. The molecule has 0 unspecified atom stereocenters. The van der Waals surface area contributed by atoms with Crippen molar-refractivity contribution in [2.24, 2.45) is 0 Å². The first-order valence-corrected chi connectivity index (χ1v) is 5.61. The van der Waals surface area contributed by atoms with E-state index in [1.165, 1.54) is 6.20 Å². The number of rotatable bonds is 4. The number of hydrogen-bond donors (Lipinski definition) is 2. The third-order valence-electron chi connectivity index (χ3n) is 2.66. The number of nitrogens with zero attached hydrogens (tertiary/aromatic N) is 1. The standard InChI is InChI=1S/C14H13NO3/c16-12-7-11(8-15-9-12)13-4-2-1-3-10(13)5-6-14(17)18/h1-4,7-9,16H,5-6H2,(H,17,18). The van der Waals surface area contributed by atoms with Crippen molar-refractivity contribution in [1.82, 2.24) is 4.98 Å². The fraction of sp³-hybridized carbons (Fsp3) is 0.143. The Hall–Kier alpha value is -2.36. The first-order chi connectivity index (χ1) is 8.66. The monoisotopic (exact) mass is 243 g/mol. The molecule has 0 amide bonds. The second kappa shape index (κ2) is 5.31. The molecule has 2 rings (SSSR count). The summed E-state index contributed by atoms with van der Waals surface area (Å²) in [4.78, 5) is 14.6. The number of benzene rings is 1. The highest BCUT2D eigenvalue weighted by molar-refractivity contribution is 5.70. The van der Waals surface area contributed by atoms with E-state index in [2.05, 4.69) is 4.98 Å². The summed E-state index contributed by atoms with van der Waals surface area (Å²) < 4.78 is 0.